The number of carbonyl (C=O) groups excluding carboxylic acids is 1. The Balaban J connectivity index is 2.29. The zero-order valence-corrected chi connectivity index (χ0v) is 14.5. The van der Waals surface area contributed by atoms with Crippen LogP contribution < -0.4 is 18.9 Å². The van der Waals surface area contributed by atoms with Crippen molar-refractivity contribution >= 4 is 11.9 Å². The van der Waals surface area contributed by atoms with Gasteiger partial charge >= 0.3 is 0 Å². The lowest BCUT2D eigenvalue weighted by molar-refractivity contribution is 0.104. The van der Waals surface area contributed by atoms with Gasteiger partial charge in [-0.1, -0.05) is 6.08 Å². The summed E-state index contributed by atoms with van der Waals surface area (Å²) in [6.07, 6.45) is 2.94. The second-order valence-corrected chi connectivity index (χ2v) is 5.01. The maximum absolute atomic E-state index is 13.7. The lowest BCUT2D eigenvalue weighted by Gasteiger charge is -2.12. The van der Waals surface area contributed by atoms with E-state index in [0.717, 1.165) is 6.07 Å². The molecule has 25 heavy (non-hydrogen) atoms. The van der Waals surface area contributed by atoms with Gasteiger partial charge in [-0.25, -0.2) is 4.39 Å². The van der Waals surface area contributed by atoms with Gasteiger partial charge < -0.3 is 18.9 Å². The third-order valence-corrected chi connectivity index (χ3v) is 3.55. The maximum atomic E-state index is 13.7. The lowest BCUT2D eigenvalue weighted by atomic mass is 10.1. The molecule has 0 saturated heterocycles. The molecule has 0 aliphatic heterocycles. The number of halogens is 1. The van der Waals surface area contributed by atoms with Crippen molar-refractivity contribution in [1.82, 2.24) is 0 Å². The molecule has 132 valence electrons. The number of hydrogen-bond acceptors (Lipinski definition) is 5. The first-order valence-electron chi connectivity index (χ1n) is 7.40. The number of rotatable bonds is 7. The largest absolute Gasteiger partial charge is 0.494 e. The molecule has 0 aromatic heterocycles. The van der Waals surface area contributed by atoms with Gasteiger partial charge in [-0.15, -0.1) is 0 Å². The SMILES string of the molecule is COc1ccc(C(=O)/C=C/c2cc(OC)c(OC)c(OC)c2)cc1F. The van der Waals surface area contributed by atoms with Gasteiger partial charge in [0.05, 0.1) is 28.4 Å². The molecule has 0 bridgehead atoms. The van der Waals surface area contributed by atoms with E-state index in [1.807, 2.05) is 0 Å². The molecule has 2 rings (SSSR count). The summed E-state index contributed by atoms with van der Waals surface area (Å²) >= 11 is 0. The first kappa shape index (κ1) is 18.3. The van der Waals surface area contributed by atoms with Crippen LogP contribution in [0, 0.1) is 5.82 Å². The molecule has 0 aliphatic carbocycles. The second kappa shape index (κ2) is 8.19. The summed E-state index contributed by atoms with van der Waals surface area (Å²) < 4.78 is 34.3. The second-order valence-electron chi connectivity index (χ2n) is 5.01. The van der Waals surface area contributed by atoms with Crippen molar-refractivity contribution in [2.45, 2.75) is 0 Å². The number of methoxy groups -OCH3 is 4. The van der Waals surface area contributed by atoms with E-state index < -0.39 is 5.82 Å². The molecule has 0 spiro atoms. The summed E-state index contributed by atoms with van der Waals surface area (Å²) in [7, 11) is 5.90. The van der Waals surface area contributed by atoms with Crippen LogP contribution in [0.1, 0.15) is 15.9 Å². The first-order chi connectivity index (χ1) is 12.0. The average molecular weight is 346 g/mol. The molecule has 0 radical (unpaired) electrons. The Morgan fingerprint density at radius 1 is 0.880 bits per heavy atom. The fourth-order valence-corrected chi connectivity index (χ4v) is 2.29. The number of ether oxygens (including phenoxy) is 4. The summed E-state index contributed by atoms with van der Waals surface area (Å²) in [5, 5.41) is 0. The molecule has 5 nitrogen and oxygen atoms in total. The Bertz CT molecular complexity index is 773. The van der Waals surface area contributed by atoms with Crippen molar-refractivity contribution in [1.29, 1.82) is 0 Å². The molecule has 0 saturated carbocycles. The van der Waals surface area contributed by atoms with Gasteiger partial charge in [-0.2, -0.15) is 0 Å². The molecule has 0 heterocycles. The standard InChI is InChI=1S/C19H19FO5/c1-22-16-8-6-13(11-14(16)20)15(21)7-5-12-9-17(23-2)19(25-4)18(10-12)24-3/h5-11H,1-4H3/b7-5+. The number of ketones is 1. The Morgan fingerprint density at radius 3 is 1.96 bits per heavy atom. The van der Waals surface area contributed by atoms with Crippen molar-refractivity contribution in [2.24, 2.45) is 0 Å². The Morgan fingerprint density at radius 2 is 1.48 bits per heavy atom. The predicted octanol–water partition coefficient (Wildman–Crippen LogP) is 3.76. The molecule has 2 aromatic rings. The van der Waals surface area contributed by atoms with Crippen LogP contribution in [0.3, 0.4) is 0 Å². The normalized spacial score (nSPS) is 10.6. The molecule has 2 aromatic carbocycles. The van der Waals surface area contributed by atoms with Crippen molar-refractivity contribution in [3.8, 4) is 23.0 Å². The third-order valence-electron chi connectivity index (χ3n) is 3.55. The molecule has 0 amide bonds. The Kier molecular flexibility index (Phi) is 6.00. The predicted molar refractivity (Wildman–Crippen MR) is 92.4 cm³/mol. The van der Waals surface area contributed by atoms with E-state index >= 15 is 0 Å². The molecule has 0 N–H and O–H groups in total. The number of carbonyl (C=O) groups is 1. The van der Waals surface area contributed by atoms with Crippen LogP contribution in [0.2, 0.25) is 0 Å². The van der Waals surface area contributed by atoms with Crippen LogP contribution in [0.25, 0.3) is 6.08 Å². The van der Waals surface area contributed by atoms with Crippen molar-refractivity contribution in [2.75, 3.05) is 28.4 Å². The van der Waals surface area contributed by atoms with Crippen molar-refractivity contribution < 1.29 is 28.1 Å². The van der Waals surface area contributed by atoms with Gasteiger partial charge in [0.2, 0.25) is 5.75 Å². The number of allylic oxidation sites excluding steroid dienone is 1. The van der Waals surface area contributed by atoms with Gasteiger partial charge in [-0.3, -0.25) is 4.79 Å². The van der Waals surface area contributed by atoms with Gasteiger partial charge in [0.1, 0.15) is 0 Å². The van der Waals surface area contributed by atoms with E-state index in [1.165, 1.54) is 46.6 Å². The van der Waals surface area contributed by atoms with Crippen LogP contribution >= 0.6 is 0 Å². The van der Waals surface area contributed by atoms with Crippen LogP contribution in [0.5, 0.6) is 23.0 Å². The molecule has 0 aliphatic rings. The van der Waals surface area contributed by atoms with Gasteiger partial charge in [0, 0.05) is 5.56 Å². The minimum absolute atomic E-state index is 0.0881. The van der Waals surface area contributed by atoms with Gasteiger partial charge in [0.25, 0.3) is 0 Å². The summed E-state index contributed by atoms with van der Waals surface area (Å²) in [5.41, 5.74) is 0.902. The van der Waals surface area contributed by atoms with Crippen LogP contribution in [-0.4, -0.2) is 34.2 Å². The van der Waals surface area contributed by atoms with E-state index in [2.05, 4.69) is 0 Å². The third kappa shape index (κ3) is 4.09. The number of hydrogen-bond donors (Lipinski definition) is 0. The molecule has 0 fully saturated rings. The molecular formula is C19H19FO5. The number of benzene rings is 2. The van der Waals surface area contributed by atoms with Gasteiger partial charge in [0.15, 0.2) is 28.8 Å². The van der Waals surface area contributed by atoms with Crippen LogP contribution in [-0.2, 0) is 0 Å². The molecular weight excluding hydrogens is 327 g/mol. The smallest absolute Gasteiger partial charge is 0.203 e. The highest BCUT2D eigenvalue weighted by atomic mass is 19.1. The molecule has 0 atom stereocenters. The van der Waals surface area contributed by atoms with Crippen molar-refractivity contribution in [3.63, 3.8) is 0 Å². The maximum Gasteiger partial charge on any atom is 0.203 e. The average Bonchev–Trinajstić information content (AvgIpc) is 2.64. The lowest BCUT2D eigenvalue weighted by Crippen LogP contribution is -1.97. The quantitative estimate of drug-likeness (QED) is 0.564. The van der Waals surface area contributed by atoms with Crippen LogP contribution in [0.15, 0.2) is 36.4 Å². The van der Waals surface area contributed by atoms with E-state index in [9.17, 15) is 9.18 Å². The van der Waals surface area contributed by atoms with Crippen molar-refractivity contribution in [3.05, 3.63) is 53.4 Å². The first-order valence-corrected chi connectivity index (χ1v) is 7.40. The van der Waals surface area contributed by atoms with E-state index in [1.54, 1.807) is 18.2 Å². The summed E-state index contributed by atoms with van der Waals surface area (Å²) in [5.74, 6) is 0.578. The van der Waals surface area contributed by atoms with E-state index in [4.69, 9.17) is 18.9 Å². The Hall–Kier alpha value is -3.02. The van der Waals surface area contributed by atoms with E-state index in [-0.39, 0.29) is 17.1 Å². The summed E-state index contributed by atoms with van der Waals surface area (Å²) in [6.45, 7) is 0. The highest BCUT2D eigenvalue weighted by Gasteiger charge is 2.12. The van der Waals surface area contributed by atoms with E-state index in [0.29, 0.717) is 22.8 Å². The molecule has 6 heteroatoms. The van der Waals surface area contributed by atoms with Crippen LogP contribution in [0.4, 0.5) is 4.39 Å². The summed E-state index contributed by atoms with van der Waals surface area (Å²) in [6, 6.07) is 7.47. The monoisotopic (exact) mass is 346 g/mol. The zero-order chi connectivity index (χ0) is 18.4. The zero-order valence-electron chi connectivity index (χ0n) is 14.5. The topological polar surface area (TPSA) is 54.0 Å². The Labute approximate surface area is 145 Å². The summed E-state index contributed by atoms with van der Waals surface area (Å²) in [4.78, 5) is 12.2. The minimum Gasteiger partial charge on any atom is -0.494 e. The van der Waals surface area contributed by atoms with Gasteiger partial charge in [-0.05, 0) is 42.0 Å². The fraction of sp³-hybridized carbons (Fsp3) is 0.211. The minimum atomic E-state index is -0.588. The highest BCUT2D eigenvalue weighted by molar-refractivity contribution is 6.06. The fourth-order valence-electron chi connectivity index (χ4n) is 2.29. The highest BCUT2D eigenvalue weighted by Crippen LogP contribution is 2.38. The molecule has 0 unspecified atom stereocenters.